The molecule has 5 nitrogen and oxygen atoms in total. The van der Waals surface area contributed by atoms with Crippen LogP contribution < -0.4 is 5.32 Å². The van der Waals surface area contributed by atoms with Gasteiger partial charge in [-0.15, -0.1) is 0 Å². The van der Waals surface area contributed by atoms with Crippen molar-refractivity contribution in [3.63, 3.8) is 0 Å². The zero-order chi connectivity index (χ0) is 12.0. The first kappa shape index (κ1) is 13.3. The van der Waals surface area contributed by atoms with E-state index in [0.29, 0.717) is 6.54 Å². The van der Waals surface area contributed by atoms with E-state index in [9.17, 15) is 9.59 Å². The molecule has 0 radical (unpaired) electrons. The van der Waals surface area contributed by atoms with Gasteiger partial charge in [0.15, 0.2) is 0 Å². The number of carbonyl (C=O) groups excluding carboxylic acids is 1. The first-order valence-corrected chi connectivity index (χ1v) is 6.55. The molecule has 0 spiro atoms. The fourth-order valence-corrected chi connectivity index (χ4v) is 2.59. The Morgan fingerprint density at radius 2 is 2.19 bits per heavy atom. The lowest BCUT2D eigenvalue weighted by Crippen LogP contribution is -2.48. The number of amides is 1. The Kier molecular flexibility index (Phi) is 5.62. The third kappa shape index (κ3) is 4.85. The molecule has 92 valence electrons. The Balaban J connectivity index is 2.45. The molecule has 0 saturated carbocycles. The van der Waals surface area contributed by atoms with Crippen LogP contribution in [-0.4, -0.2) is 59.1 Å². The van der Waals surface area contributed by atoms with E-state index in [4.69, 9.17) is 5.11 Å². The van der Waals surface area contributed by atoms with Gasteiger partial charge in [0.1, 0.15) is 6.04 Å². The van der Waals surface area contributed by atoms with E-state index < -0.39 is 12.0 Å². The minimum absolute atomic E-state index is 0.295. The van der Waals surface area contributed by atoms with Crippen LogP contribution in [0.3, 0.4) is 0 Å². The number of rotatable bonds is 4. The van der Waals surface area contributed by atoms with E-state index in [2.05, 4.69) is 10.2 Å². The molecule has 0 aliphatic carbocycles. The number of nitrogens with zero attached hydrogens (tertiary/aromatic N) is 1. The molecule has 1 aliphatic heterocycles. The molecule has 0 bridgehead atoms. The lowest BCUT2D eigenvalue weighted by atomic mass is 10.2. The Hall–Kier alpha value is -0.750. The molecule has 1 fully saturated rings. The van der Waals surface area contributed by atoms with Gasteiger partial charge in [0.05, 0.1) is 0 Å². The molecule has 1 unspecified atom stereocenters. The fraction of sp³-hybridized carbons (Fsp3) is 0.800. The third-order valence-electron chi connectivity index (χ3n) is 2.43. The number of hydrogen-bond donors (Lipinski definition) is 2. The molecule has 0 aromatic heterocycles. The van der Waals surface area contributed by atoms with Crippen LogP contribution in [0, 0.1) is 0 Å². The van der Waals surface area contributed by atoms with Crippen LogP contribution in [-0.2, 0) is 9.59 Å². The molecule has 1 aliphatic rings. The van der Waals surface area contributed by atoms with Crippen LogP contribution in [0.1, 0.15) is 13.3 Å². The van der Waals surface area contributed by atoms with E-state index >= 15 is 0 Å². The largest absolute Gasteiger partial charge is 0.480 e. The first-order valence-electron chi connectivity index (χ1n) is 5.39. The van der Waals surface area contributed by atoms with Crippen LogP contribution in [0.15, 0.2) is 0 Å². The van der Waals surface area contributed by atoms with Crippen molar-refractivity contribution in [1.29, 1.82) is 0 Å². The van der Waals surface area contributed by atoms with Crippen LogP contribution in [0.5, 0.6) is 0 Å². The van der Waals surface area contributed by atoms with Crippen LogP contribution >= 0.6 is 11.8 Å². The topological polar surface area (TPSA) is 69.6 Å². The van der Waals surface area contributed by atoms with Gasteiger partial charge in [0.25, 0.3) is 0 Å². The predicted molar refractivity (Wildman–Crippen MR) is 63.6 cm³/mol. The van der Waals surface area contributed by atoms with Crippen molar-refractivity contribution in [2.45, 2.75) is 19.4 Å². The molecular formula is C10H18N2O3S. The van der Waals surface area contributed by atoms with Crippen molar-refractivity contribution >= 4 is 23.6 Å². The third-order valence-corrected chi connectivity index (χ3v) is 3.48. The van der Waals surface area contributed by atoms with Crippen molar-refractivity contribution in [2.24, 2.45) is 0 Å². The van der Waals surface area contributed by atoms with Gasteiger partial charge in [0.2, 0.25) is 5.91 Å². The summed E-state index contributed by atoms with van der Waals surface area (Å²) in [4.78, 5) is 23.9. The highest BCUT2D eigenvalue weighted by atomic mass is 32.2. The SMILES string of the molecule is CC(=O)NC(CN1CCCSCC1)C(=O)O. The van der Waals surface area contributed by atoms with E-state index in [0.717, 1.165) is 31.0 Å². The van der Waals surface area contributed by atoms with Crippen molar-refractivity contribution in [2.75, 3.05) is 31.1 Å². The smallest absolute Gasteiger partial charge is 0.327 e. The zero-order valence-electron chi connectivity index (χ0n) is 9.44. The zero-order valence-corrected chi connectivity index (χ0v) is 10.3. The van der Waals surface area contributed by atoms with Crippen LogP contribution in [0.25, 0.3) is 0 Å². The maximum absolute atomic E-state index is 10.9. The maximum Gasteiger partial charge on any atom is 0.327 e. The molecule has 6 heteroatoms. The van der Waals surface area contributed by atoms with Gasteiger partial charge >= 0.3 is 5.97 Å². The Morgan fingerprint density at radius 3 is 2.81 bits per heavy atom. The number of carboxylic acid groups (broad SMARTS) is 1. The van der Waals surface area contributed by atoms with Crippen molar-refractivity contribution < 1.29 is 14.7 Å². The molecule has 1 amide bonds. The molecule has 1 heterocycles. The second kappa shape index (κ2) is 6.75. The average molecular weight is 246 g/mol. The second-order valence-corrected chi connectivity index (χ2v) is 5.08. The lowest BCUT2D eigenvalue weighted by Gasteiger charge is -2.23. The fourth-order valence-electron chi connectivity index (χ4n) is 1.67. The summed E-state index contributed by atoms with van der Waals surface area (Å²) in [6.07, 6.45) is 1.08. The summed E-state index contributed by atoms with van der Waals surface area (Å²) in [6.45, 7) is 3.55. The van der Waals surface area contributed by atoms with Crippen LogP contribution in [0.2, 0.25) is 0 Å². The first-order chi connectivity index (χ1) is 7.59. The molecule has 2 N–H and O–H groups in total. The summed E-state index contributed by atoms with van der Waals surface area (Å²) in [6, 6.07) is -0.791. The second-order valence-electron chi connectivity index (χ2n) is 3.86. The predicted octanol–water partition coefficient (Wildman–Crippen LogP) is 0.0146. The number of aliphatic carboxylic acids is 1. The minimum atomic E-state index is -0.966. The number of nitrogens with one attached hydrogen (secondary N) is 1. The highest BCUT2D eigenvalue weighted by molar-refractivity contribution is 7.99. The highest BCUT2D eigenvalue weighted by Gasteiger charge is 2.22. The van der Waals surface area contributed by atoms with Crippen molar-refractivity contribution in [1.82, 2.24) is 10.2 Å². The molecule has 16 heavy (non-hydrogen) atoms. The quantitative estimate of drug-likeness (QED) is 0.731. The minimum Gasteiger partial charge on any atom is -0.480 e. The molecule has 1 atom stereocenters. The molecule has 1 rings (SSSR count). The Bertz CT molecular complexity index is 252. The number of thioether (sulfide) groups is 1. The summed E-state index contributed by atoms with van der Waals surface area (Å²) < 4.78 is 0. The number of carbonyl (C=O) groups is 2. The van der Waals surface area contributed by atoms with E-state index in [1.54, 1.807) is 0 Å². The standard InChI is InChI=1S/C10H18N2O3S/c1-8(13)11-9(10(14)15)7-12-3-2-5-16-6-4-12/h9H,2-7H2,1H3,(H,11,13)(H,14,15). The van der Waals surface area contributed by atoms with Gasteiger partial charge in [-0.3, -0.25) is 9.69 Å². The van der Waals surface area contributed by atoms with Gasteiger partial charge in [-0.05, 0) is 18.7 Å². The van der Waals surface area contributed by atoms with E-state index in [-0.39, 0.29) is 5.91 Å². The van der Waals surface area contributed by atoms with E-state index in [1.807, 2.05) is 11.8 Å². The van der Waals surface area contributed by atoms with Gasteiger partial charge in [-0.25, -0.2) is 4.79 Å². The summed E-state index contributed by atoms with van der Waals surface area (Å²) in [5.74, 6) is 0.907. The normalized spacial score (nSPS) is 19.8. The molecule has 1 saturated heterocycles. The molecular weight excluding hydrogens is 228 g/mol. The molecule has 0 aromatic rings. The Labute approximate surface area is 99.6 Å². The van der Waals surface area contributed by atoms with Crippen LogP contribution in [0.4, 0.5) is 0 Å². The Morgan fingerprint density at radius 1 is 1.44 bits per heavy atom. The summed E-state index contributed by atoms with van der Waals surface area (Å²) >= 11 is 1.89. The van der Waals surface area contributed by atoms with Gasteiger partial charge < -0.3 is 10.4 Å². The average Bonchev–Trinajstić information content (AvgIpc) is 2.44. The maximum atomic E-state index is 10.9. The monoisotopic (exact) mass is 246 g/mol. The van der Waals surface area contributed by atoms with Crippen molar-refractivity contribution in [3.05, 3.63) is 0 Å². The summed E-state index contributed by atoms with van der Waals surface area (Å²) in [7, 11) is 0. The van der Waals surface area contributed by atoms with Gasteiger partial charge in [-0.2, -0.15) is 11.8 Å². The van der Waals surface area contributed by atoms with Gasteiger partial charge in [-0.1, -0.05) is 0 Å². The lowest BCUT2D eigenvalue weighted by molar-refractivity contribution is -0.142. The summed E-state index contributed by atoms with van der Waals surface area (Å²) in [5, 5.41) is 11.4. The number of carboxylic acids is 1. The van der Waals surface area contributed by atoms with Crippen molar-refractivity contribution in [3.8, 4) is 0 Å². The summed E-state index contributed by atoms with van der Waals surface area (Å²) in [5.41, 5.74) is 0. The molecule has 0 aromatic carbocycles. The van der Waals surface area contributed by atoms with Gasteiger partial charge in [0, 0.05) is 25.8 Å². The number of hydrogen-bond acceptors (Lipinski definition) is 4. The van der Waals surface area contributed by atoms with E-state index in [1.165, 1.54) is 6.92 Å². The highest BCUT2D eigenvalue weighted by Crippen LogP contribution is 2.10.